The topological polar surface area (TPSA) is 79.9 Å². The molecule has 1 fully saturated rings. The Morgan fingerprint density at radius 2 is 2.03 bits per heavy atom. The SMILES string of the molecule is ON=C1CCc2cc(-c3c(CC4COCCN4)coc3-c3ccncc3)ccc21. The Labute approximate surface area is 169 Å². The van der Waals surface area contributed by atoms with Gasteiger partial charge in [-0.25, -0.2) is 0 Å². The molecule has 1 aromatic carbocycles. The van der Waals surface area contributed by atoms with E-state index in [0.717, 1.165) is 71.7 Å². The Hall–Kier alpha value is -2.96. The van der Waals surface area contributed by atoms with Crippen molar-refractivity contribution in [2.45, 2.75) is 25.3 Å². The molecule has 0 saturated carbocycles. The summed E-state index contributed by atoms with van der Waals surface area (Å²) in [5, 5.41) is 16.2. The Morgan fingerprint density at radius 1 is 1.14 bits per heavy atom. The predicted molar refractivity (Wildman–Crippen MR) is 110 cm³/mol. The second-order valence-electron chi connectivity index (χ2n) is 7.55. The number of hydrogen-bond donors (Lipinski definition) is 2. The Bertz CT molecular complexity index is 1040. The fourth-order valence-electron chi connectivity index (χ4n) is 4.32. The molecule has 2 N–H and O–H groups in total. The van der Waals surface area contributed by atoms with Gasteiger partial charge in [0.05, 0.1) is 25.2 Å². The number of benzene rings is 1. The second kappa shape index (κ2) is 7.81. The summed E-state index contributed by atoms with van der Waals surface area (Å²) in [6.45, 7) is 2.34. The molecule has 0 spiro atoms. The average Bonchev–Trinajstić information content (AvgIpc) is 3.38. The molecule has 29 heavy (non-hydrogen) atoms. The molecule has 3 heterocycles. The summed E-state index contributed by atoms with van der Waals surface area (Å²) in [6, 6.07) is 10.6. The van der Waals surface area contributed by atoms with E-state index < -0.39 is 0 Å². The normalized spacial score (nSPS) is 20.1. The molecule has 0 radical (unpaired) electrons. The predicted octanol–water partition coefficient (Wildman–Crippen LogP) is 3.66. The number of ether oxygens (including phenoxy) is 1. The Kier molecular flexibility index (Phi) is 4.87. The van der Waals surface area contributed by atoms with E-state index >= 15 is 0 Å². The zero-order valence-corrected chi connectivity index (χ0v) is 16.1. The summed E-state index contributed by atoms with van der Waals surface area (Å²) in [7, 11) is 0. The van der Waals surface area contributed by atoms with Gasteiger partial charge in [0.25, 0.3) is 0 Å². The summed E-state index contributed by atoms with van der Waals surface area (Å²) in [5.41, 5.74) is 7.41. The second-order valence-corrected chi connectivity index (χ2v) is 7.55. The van der Waals surface area contributed by atoms with E-state index in [0.29, 0.717) is 6.61 Å². The third-order valence-electron chi connectivity index (χ3n) is 5.73. The zero-order valence-electron chi connectivity index (χ0n) is 16.1. The molecule has 1 aliphatic carbocycles. The highest BCUT2D eigenvalue weighted by Gasteiger charge is 2.24. The van der Waals surface area contributed by atoms with Gasteiger partial charge in [0, 0.05) is 47.2 Å². The highest BCUT2D eigenvalue weighted by atomic mass is 16.5. The van der Waals surface area contributed by atoms with Crippen LogP contribution in [0.2, 0.25) is 0 Å². The third-order valence-corrected chi connectivity index (χ3v) is 5.73. The molecule has 1 atom stereocenters. The summed E-state index contributed by atoms with van der Waals surface area (Å²) in [4.78, 5) is 4.13. The van der Waals surface area contributed by atoms with E-state index in [1.807, 2.05) is 18.4 Å². The number of fused-ring (bicyclic) bond motifs is 1. The van der Waals surface area contributed by atoms with Gasteiger partial charge in [-0.1, -0.05) is 23.4 Å². The lowest BCUT2D eigenvalue weighted by Gasteiger charge is -2.23. The van der Waals surface area contributed by atoms with Crippen LogP contribution in [0, 0.1) is 0 Å². The van der Waals surface area contributed by atoms with Gasteiger partial charge in [0.1, 0.15) is 5.76 Å². The molecule has 6 nitrogen and oxygen atoms in total. The number of hydrogen-bond acceptors (Lipinski definition) is 6. The van der Waals surface area contributed by atoms with Crippen molar-refractivity contribution in [1.29, 1.82) is 0 Å². The molecule has 2 aromatic heterocycles. The van der Waals surface area contributed by atoms with Crippen molar-refractivity contribution in [2.75, 3.05) is 19.8 Å². The van der Waals surface area contributed by atoms with Crippen molar-refractivity contribution in [3.05, 3.63) is 65.7 Å². The van der Waals surface area contributed by atoms with E-state index in [1.54, 1.807) is 12.4 Å². The van der Waals surface area contributed by atoms with E-state index in [9.17, 15) is 5.21 Å². The van der Waals surface area contributed by atoms with Crippen molar-refractivity contribution in [2.24, 2.45) is 5.16 Å². The number of aromatic nitrogens is 1. The highest BCUT2D eigenvalue weighted by molar-refractivity contribution is 6.04. The van der Waals surface area contributed by atoms with Crippen LogP contribution in [0.4, 0.5) is 0 Å². The van der Waals surface area contributed by atoms with Crippen LogP contribution in [0.3, 0.4) is 0 Å². The molecule has 1 saturated heterocycles. The van der Waals surface area contributed by atoms with E-state index in [4.69, 9.17) is 9.15 Å². The molecule has 5 rings (SSSR count). The van der Waals surface area contributed by atoms with Crippen LogP contribution in [0.5, 0.6) is 0 Å². The summed E-state index contributed by atoms with van der Waals surface area (Å²) in [6.07, 6.45) is 7.93. The van der Waals surface area contributed by atoms with Gasteiger partial charge in [-0.2, -0.15) is 0 Å². The van der Waals surface area contributed by atoms with Crippen LogP contribution in [0.25, 0.3) is 22.5 Å². The maximum atomic E-state index is 9.23. The zero-order chi connectivity index (χ0) is 19.6. The molecule has 2 aliphatic rings. The standard InChI is InChI=1S/C23H23N3O3/c27-26-21-4-2-16-11-17(1-3-20(16)21)22-18(12-19-14-28-10-9-25-19)13-29-23(22)15-5-7-24-8-6-15/h1,3,5-8,11,13,19,25,27H,2,4,9-10,12,14H2. The smallest absolute Gasteiger partial charge is 0.142 e. The molecule has 0 amide bonds. The number of pyridine rings is 1. The van der Waals surface area contributed by atoms with Crippen molar-refractivity contribution < 1.29 is 14.4 Å². The first-order valence-electron chi connectivity index (χ1n) is 10.00. The van der Waals surface area contributed by atoms with Crippen molar-refractivity contribution in [3.8, 4) is 22.5 Å². The van der Waals surface area contributed by atoms with Crippen LogP contribution in [-0.2, 0) is 17.6 Å². The highest BCUT2D eigenvalue weighted by Crippen LogP contribution is 2.39. The fraction of sp³-hybridized carbons (Fsp3) is 0.304. The van der Waals surface area contributed by atoms with E-state index in [-0.39, 0.29) is 6.04 Å². The number of aryl methyl sites for hydroxylation is 1. The Balaban J connectivity index is 1.59. The third kappa shape index (κ3) is 3.45. The maximum absolute atomic E-state index is 9.23. The number of nitrogens with zero attached hydrogens (tertiary/aromatic N) is 2. The number of oxime groups is 1. The Morgan fingerprint density at radius 3 is 2.83 bits per heavy atom. The monoisotopic (exact) mass is 389 g/mol. The minimum absolute atomic E-state index is 0.271. The fourth-order valence-corrected chi connectivity index (χ4v) is 4.32. The minimum atomic E-state index is 0.271. The summed E-state index contributed by atoms with van der Waals surface area (Å²) >= 11 is 0. The minimum Gasteiger partial charge on any atom is -0.463 e. The molecule has 3 aromatic rings. The van der Waals surface area contributed by atoms with Gasteiger partial charge < -0.3 is 19.7 Å². The van der Waals surface area contributed by atoms with Gasteiger partial charge in [-0.05, 0) is 42.5 Å². The van der Waals surface area contributed by atoms with Gasteiger partial charge in [0.2, 0.25) is 0 Å². The number of morpholine rings is 1. The molecule has 1 aliphatic heterocycles. The average molecular weight is 389 g/mol. The number of rotatable bonds is 4. The first-order valence-corrected chi connectivity index (χ1v) is 10.00. The van der Waals surface area contributed by atoms with Crippen molar-refractivity contribution >= 4 is 5.71 Å². The van der Waals surface area contributed by atoms with Crippen LogP contribution in [0.1, 0.15) is 23.1 Å². The molecule has 1 unspecified atom stereocenters. The number of furan rings is 1. The number of nitrogens with one attached hydrogen (secondary N) is 1. The van der Waals surface area contributed by atoms with Crippen molar-refractivity contribution in [1.82, 2.24) is 10.3 Å². The lowest BCUT2D eigenvalue weighted by molar-refractivity contribution is 0.0770. The first-order chi connectivity index (χ1) is 14.3. The molecule has 148 valence electrons. The molecule has 0 bridgehead atoms. The van der Waals surface area contributed by atoms with Gasteiger partial charge in [-0.15, -0.1) is 0 Å². The molecule has 6 heteroatoms. The van der Waals surface area contributed by atoms with Crippen LogP contribution < -0.4 is 5.32 Å². The molecular formula is C23H23N3O3. The van der Waals surface area contributed by atoms with Gasteiger partial charge in [-0.3, -0.25) is 4.98 Å². The maximum Gasteiger partial charge on any atom is 0.142 e. The van der Waals surface area contributed by atoms with Crippen LogP contribution in [-0.4, -0.2) is 41.7 Å². The van der Waals surface area contributed by atoms with Gasteiger partial charge in [0.15, 0.2) is 0 Å². The summed E-state index contributed by atoms with van der Waals surface area (Å²) in [5.74, 6) is 0.855. The van der Waals surface area contributed by atoms with Gasteiger partial charge >= 0.3 is 0 Å². The largest absolute Gasteiger partial charge is 0.463 e. The molecular weight excluding hydrogens is 366 g/mol. The summed E-state index contributed by atoms with van der Waals surface area (Å²) < 4.78 is 11.7. The van der Waals surface area contributed by atoms with Crippen molar-refractivity contribution in [3.63, 3.8) is 0 Å². The van der Waals surface area contributed by atoms with Crippen LogP contribution in [0.15, 0.2) is 58.6 Å². The van der Waals surface area contributed by atoms with Crippen LogP contribution >= 0.6 is 0 Å². The lowest BCUT2D eigenvalue weighted by Crippen LogP contribution is -2.42. The van der Waals surface area contributed by atoms with E-state index in [1.165, 1.54) is 5.56 Å². The quantitative estimate of drug-likeness (QED) is 0.526. The first kappa shape index (κ1) is 18.1. The lowest BCUT2D eigenvalue weighted by atomic mass is 9.93. The van der Waals surface area contributed by atoms with E-state index in [2.05, 4.69) is 33.7 Å².